The molecule has 8 heteroatoms. The Morgan fingerprint density at radius 1 is 0.912 bits per heavy atom. The number of thioether (sulfide) groups is 1. The summed E-state index contributed by atoms with van der Waals surface area (Å²) >= 11 is 1.71. The first-order valence-electron chi connectivity index (χ1n) is 13.1. The SMILES string of the molecule is C=CC(=O)OCCSc1cc2nc(c1)CN[C@@H]1CCCC[C@H]1NCCNC1CCCCC1NC2. The highest BCUT2D eigenvalue weighted by Crippen LogP contribution is 2.23. The van der Waals surface area contributed by atoms with Gasteiger partial charge in [-0.25, -0.2) is 4.79 Å². The van der Waals surface area contributed by atoms with Crippen molar-refractivity contribution in [1.29, 1.82) is 0 Å². The van der Waals surface area contributed by atoms with Gasteiger partial charge in [-0.15, -0.1) is 11.8 Å². The third-order valence-electron chi connectivity index (χ3n) is 7.23. The molecule has 2 bridgehead atoms. The van der Waals surface area contributed by atoms with Crippen LogP contribution in [-0.4, -0.2) is 60.6 Å². The highest BCUT2D eigenvalue weighted by atomic mass is 32.2. The quantitative estimate of drug-likeness (QED) is 0.218. The number of carbonyl (C=O) groups excluding carboxylic acids is 1. The molecule has 2 unspecified atom stereocenters. The maximum Gasteiger partial charge on any atom is 0.330 e. The Hall–Kier alpha value is -1.45. The van der Waals surface area contributed by atoms with Crippen molar-refractivity contribution >= 4 is 17.7 Å². The number of aromatic nitrogens is 1. The van der Waals surface area contributed by atoms with Crippen LogP contribution in [0.3, 0.4) is 0 Å². The number of pyridine rings is 1. The maximum atomic E-state index is 11.3. The molecule has 1 aromatic heterocycles. The Kier molecular flexibility index (Phi) is 10.2. The summed E-state index contributed by atoms with van der Waals surface area (Å²) in [5, 5.41) is 15.3. The van der Waals surface area contributed by atoms with Crippen molar-refractivity contribution in [3.05, 3.63) is 36.2 Å². The van der Waals surface area contributed by atoms with Gasteiger partial charge in [0.05, 0.1) is 11.4 Å². The Morgan fingerprint density at radius 2 is 1.41 bits per heavy atom. The van der Waals surface area contributed by atoms with Crippen LogP contribution in [0.4, 0.5) is 0 Å². The van der Waals surface area contributed by atoms with Crippen molar-refractivity contribution < 1.29 is 9.53 Å². The van der Waals surface area contributed by atoms with Crippen LogP contribution in [0.5, 0.6) is 0 Å². The van der Waals surface area contributed by atoms with E-state index in [1.807, 2.05) is 0 Å². The summed E-state index contributed by atoms with van der Waals surface area (Å²) in [6.07, 6.45) is 11.3. The van der Waals surface area contributed by atoms with Crippen LogP contribution in [0.2, 0.25) is 0 Å². The molecule has 3 aliphatic rings. The molecule has 2 saturated carbocycles. The minimum Gasteiger partial charge on any atom is -0.462 e. The number of fused-ring (bicyclic) bond motifs is 4. The third-order valence-corrected chi connectivity index (χ3v) is 8.17. The minimum absolute atomic E-state index is 0.367. The van der Waals surface area contributed by atoms with Crippen LogP contribution in [0.15, 0.2) is 29.7 Å². The Bertz CT molecular complexity index is 759. The summed E-state index contributed by atoms with van der Waals surface area (Å²) in [7, 11) is 0. The Balaban J connectivity index is 1.47. The van der Waals surface area contributed by atoms with Gasteiger partial charge in [0.1, 0.15) is 6.61 Å². The molecule has 1 aliphatic heterocycles. The second-order valence-corrected chi connectivity index (χ2v) is 10.8. The van der Waals surface area contributed by atoms with Gasteiger partial charge in [-0.05, 0) is 37.8 Å². The molecular formula is C26H41N5O2S. The first kappa shape index (κ1) is 25.6. The standard InChI is InChI=1S/C26H41N5O2S/c1-2-26(32)33-13-14-34-21-15-19-17-29-24-9-5-3-7-22(24)27-11-12-28-23-8-4-6-10-25(23)30-18-20(16-21)31-19/h2,15-16,22-25,27-30H,1,3-14,17-18H2/t22-,23?,24-,25?/m1/s1. The summed E-state index contributed by atoms with van der Waals surface area (Å²) in [6, 6.07) is 6.39. The topological polar surface area (TPSA) is 87.3 Å². The Morgan fingerprint density at radius 3 is 1.91 bits per heavy atom. The van der Waals surface area contributed by atoms with Gasteiger partial charge in [-0.3, -0.25) is 4.98 Å². The van der Waals surface area contributed by atoms with Gasteiger partial charge in [0.15, 0.2) is 0 Å². The van der Waals surface area contributed by atoms with Crippen molar-refractivity contribution in [1.82, 2.24) is 26.3 Å². The number of hydrogen-bond donors (Lipinski definition) is 4. The first-order chi connectivity index (χ1) is 16.7. The van der Waals surface area contributed by atoms with E-state index in [1.54, 1.807) is 11.8 Å². The third kappa shape index (κ3) is 7.78. The molecule has 188 valence electrons. The average molecular weight is 488 g/mol. The molecule has 1 aromatic rings. The summed E-state index contributed by atoms with van der Waals surface area (Å²) in [5.74, 6) is 0.348. The zero-order chi connectivity index (χ0) is 23.6. The van der Waals surface area contributed by atoms with Crippen LogP contribution in [0.25, 0.3) is 0 Å². The lowest BCUT2D eigenvalue weighted by molar-refractivity contribution is -0.137. The second-order valence-electron chi connectivity index (χ2n) is 9.67. The normalized spacial score (nSPS) is 28.5. The van der Waals surface area contributed by atoms with Gasteiger partial charge in [0.25, 0.3) is 0 Å². The van der Waals surface area contributed by atoms with Gasteiger partial charge >= 0.3 is 5.97 Å². The van der Waals surface area contributed by atoms with Gasteiger partial charge in [-0.1, -0.05) is 32.3 Å². The predicted octanol–water partition coefficient (Wildman–Crippen LogP) is 2.90. The zero-order valence-electron chi connectivity index (χ0n) is 20.3. The summed E-state index contributed by atoms with van der Waals surface area (Å²) in [4.78, 5) is 17.5. The van der Waals surface area contributed by atoms with Crippen LogP contribution in [-0.2, 0) is 22.6 Å². The van der Waals surface area contributed by atoms with E-state index in [4.69, 9.17) is 9.72 Å². The van der Waals surface area contributed by atoms with Crippen molar-refractivity contribution in [2.75, 3.05) is 25.4 Å². The molecule has 0 radical (unpaired) electrons. The molecule has 2 fully saturated rings. The molecule has 34 heavy (non-hydrogen) atoms. The van der Waals surface area contributed by atoms with E-state index in [2.05, 4.69) is 40.0 Å². The summed E-state index contributed by atoms with van der Waals surface area (Å²) in [5.41, 5.74) is 2.17. The lowest BCUT2D eigenvalue weighted by Gasteiger charge is -2.34. The fraction of sp³-hybridized carbons (Fsp3) is 0.692. The largest absolute Gasteiger partial charge is 0.462 e. The first-order valence-corrected chi connectivity index (χ1v) is 14.0. The summed E-state index contributed by atoms with van der Waals surface area (Å²) < 4.78 is 5.15. The smallest absolute Gasteiger partial charge is 0.330 e. The van der Waals surface area contributed by atoms with E-state index < -0.39 is 0 Å². The lowest BCUT2D eigenvalue weighted by atomic mass is 9.89. The molecule has 0 aromatic carbocycles. The molecule has 2 aliphatic carbocycles. The molecule has 7 nitrogen and oxygen atoms in total. The molecule has 0 amide bonds. The van der Waals surface area contributed by atoms with E-state index in [9.17, 15) is 4.79 Å². The van der Waals surface area contributed by atoms with E-state index >= 15 is 0 Å². The lowest BCUT2D eigenvalue weighted by Crippen LogP contribution is -2.53. The van der Waals surface area contributed by atoms with Crippen LogP contribution in [0.1, 0.15) is 62.8 Å². The van der Waals surface area contributed by atoms with Gasteiger partial charge in [0, 0.05) is 67.1 Å². The second kappa shape index (κ2) is 13.6. The van der Waals surface area contributed by atoms with Crippen LogP contribution >= 0.6 is 11.8 Å². The molecule has 0 saturated heterocycles. The molecule has 0 spiro atoms. The molecule has 4 atom stereocenters. The van der Waals surface area contributed by atoms with E-state index in [0.29, 0.717) is 36.5 Å². The monoisotopic (exact) mass is 487 g/mol. The summed E-state index contributed by atoms with van der Waals surface area (Å²) in [6.45, 7) is 7.43. The molecular weight excluding hydrogens is 446 g/mol. The van der Waals surface area contributed by atoms with Gasteiger partial charge in [-0.2, -0.15) is 0 Å². The minimum atomic E-state index is -0.367. The Labute approximate surface area is 208 Å². The number of ether oxygens (including phenoxy) is 1. The van der Waals surface area contributed by atoms with Crippen molar-refractivity contribution in [2.45, 2.75) is 93.5 Å². The molecule has 4 rings (SSSR count). The highest BCUT2D eigenvalue weighted by Gasteiger charge is 2.26. The number of rotatable bonds is 5. The van der Waals surface area contributed by atoms with Gasteiger partial charge in [0.2, 0.25) is 0 Å². The maximum absolute atomic E-state index is 11.3. The number of hydrogen-bond acceptors (Lipinski definition) is 8. The number of nitrogens with one attached hydrogen (secondary N) is 4. The van der Waals surface area contributed by atoms with Crippen molar-refractivity contribution in [2.24, 2.45) is 0 Å². The fourth-order valence-corrected chi connectivity index (χ4v) is 6.31. The van der Waals surface area contributed by atoms with E-state index in [-0.39, 0.29) is 5.97 Å². The molecule has 2 heterocycles. The zero-order valence-corrected chi connectivity index (χ0v) is 21.1. The fourth-order valence-electron chi connectivity index (χ4n) is 5.47. The number of nitrogens with zero attached hydrogens (tertiary/aromatic N) is 1. The van der Waals surface area contributed by atoms with Crippen molar-refractivity contribution in [3.8, 4) is 0 Å². The average Bonchev–Trinajstić information content (AvgIpc) is 2.87. The predicted molar refractivity (Wildman–Crippen MR) is 138 cm³/mol. The number of esters is 1. The van der Waals surface area contributed by atoms with E-state index in [1.165, 1.54) is 62.3 Å². The van der Waals surface area contributed by atoms with Crippen LogP contribution < -0.4 is 21.3 Å². The highest BCUT2D eigenvalue weighted by molar-refractivity contribution is 7.99. The van der Waals surface area contributed by atoms with Crippen molar-refractivity contribution in [3.63, 3.8) is 0 Å². The number of carbonyl (C=O) groups is 1. The van der Waals surface area contributed by atoms with Crippen LogP contribution in [0, 0.1) is 0 Å². The van der Waals surface area contributed by atoms with Gasteiger partial charge < -0.3 is 26.0 Å². The van der Waals surface area contributed by atoms with E-state index in [0.717, 1.165) is 37.6 Å². The molecule has 4 N–H and O–H groups in total.